The molecule has 4 rings (SSSR count). The number of hydrogen-bond donors (Lipinski definition) is 4. The summed E-state index contributed by atoms with van der Waals surface area (Å²) in [5.41, 5.74) is 0.872. The molecular formula is C22H23N7O4S. The molecule has 0 atom stereocenters. The van der Waals surface area contributed by atoms with Crippen molar-refractivity contribution < 1.29 is 13.2 Å². The van der Waals surface area contributed by atoms with Crippen LogP contribution in [0.15, 0.2) is 58.2 Å². The summed E-state index contributed by atoms with van der Waals surface area (Å²) in [6.45, 7) is 2.29. The highest BCUT2D eigenvalue weighted by Gasteiger charge is 2.18. The first-order valence-corrected chi connectivity index (χ1v) is 12.2. The second kappa shape index (κ2) is 8.98. The number of nitrogens with one attached hydrogen (secondary N) is 4. The summed E-state index contributed by atoms with van der Waals surface area (Å²) < 4.78 is 25.8. The molecule has 4 N–H and O–H groups in total. The normalized spacial score (nSPS) is 11.4. The molecule has 4 aromatic rings. The van der Waals surface area contributed by atoms with Crippen LogP contribution in [0, 0.1) is 0 Å². The summed E-state index contributed by atoms with van der Waals surface area (Å²) in [5.74, 6) is 0.396. The number of benzene rings is 1. The van der Waals surface area contributed by atoms with Crippen molar-refractivity contribution in [3.05, 3.63) is 64.6 Å². The van der Waals surface area contributed by atoms with Gasteiger partial charge in [-0.15, -0.1) is 0 Å². The molecular weight excluding hydrogens is 458 g/mol. The average Bonchev–Trinajstić information content (AvgIpc) is 3.07. The van der Waals surface area contributed by atoms with Crippen molar-refractivity contribution in [2.24, 2.45) is 7.05 Å². The van der Waals surface area contributed by atoms with E-state index in [-0.39, 0.29) is 33.1 Å². The molecule has 0 bridgehead atoms. The quantitative estimate of drug-likeness (QED) is 0.314. The Labute approximate surface area is 195 Å². The summed E-state index contributed by atoms with van der Waals surface area (Å²) in [5, 5.41) is 12.0. The predicted octanol–water partition coefficient (Wildman–Crippen LogP) is 2.30. The molecule has 0 aliphatic heterocycles. The zero-order valence-electron chi connectivity index (χ0n) is 18.7. The number of aryl methyl sites for hydroxylation is 1. The third-order valence-electron chi connectivity index (χ3n) is 4.94. The minimum Gasteiger partial charge on any atom is -0.354 e. The molecule has 0 spiro atoms. The van der Waals surface area contributed by atoms with Crippen molar-refractivity contribution in [3.63, 3.8) is 0 Å². The molecule has 0 saturated heterocycles. The number of H-pyrrole nitrogens is 1. The number of hydrogen-bond acceptors (Lipinski definition) is 8. The van der Waals surface area contributed by atoms with Crippen molar-refractivity contribution >= 4 is 49.8 Å². The molecule has 176 valence electrons. The Morgan fingerprint density at radius 3 is 2.53 bits per heavy atom. The fourth-order valence-electron chi connectivity index (χ4n) is 3.43. The monoisotopic (exact) mass is 481 g/mol. The van der Waals surface area contributed by atoms with Crippen molar-refractivity contribution in [2.45, 2.75) is 11.8 Å². The fraction of sp³-hybridized carbons (Fsp3) is 0.182. The molecule has 11 nitrogen and oxygen atoms in total. The van der Waals surface area contributed by atoms with Crippen LogP contribution in [0.1, 0.15) is 17.4 Å². The summed E-state index contributed by atoms with van der Waals surface area (Å²) in [7, 11) is -1.96. The van der Waals surface area contributed by atoms with Gasteiger partial charge in [-0.3, -0.25) is 19.4 Å². The maximum atomic E-state index is 12.7. The lowest BCUT2D eigenvalue weighted by molar-refractivity contribution is 0.0951. The summed E-state index contributed by atoms with van der Waals surface area (Å²) in [6.07, 6.45) is 1.12. The van der Waals surface area contributed by atoms with Crippen LogP contribution >= 0.6 is 0 Å². The average molecular weight is 482 g/mol. The number of rotatable bonds is 7. The van der Waals surface area contributed by atoms with E-state index in [1.807, 2.05) is 6.92 Å². The van der Waals surface area contributed by atoms with Gasteiger partial charge in [0.2, 0.25) is 0 Å². The first-order chi connectivity index (χ1) is 16.2. The molecule has 0 fully saturated rings. The minimum absolute atomic E-state index is 0.0955. The van der Waals surface area contributed by atoms with Gasteiger partial charge in [-0.05, 0) is 31.2 Å². The molecule has 3 aromatic heterocycles. The number of anilines is 4. The zero-order valence-corrected chi connectivity index (χ0v) is 19.5. The maximum absolute atomic E-state index is 12.7. The van der Waals surface area contributed by atoms with Crippen LogP contribution in [0.25, 0.3) is 11.0 Å². The van der Waals surface area contributed by atoms with Gasteiger partial charge in [0.15, 0.2) is 15.5 Å². The molecule has 0 saturated carbocycles. The number of aromatic amines is 1. The van der Waals surface area contributed by atoms with E-state index in [1.165, 1.54) is 10.7 Å². The Balaban J connectivity index is 1.78. The van der Waals surface area contributed by atoms with Crippen LogP contribution in [0.3, 0.4) is 0 Å². The number of para-hydroxylation sites is 1. The number of carbonyl (C=O) groups excluding carboxylic acids is 1. The van der Waals surface area contributed by atoms with Gasteiger partial charge in [0, 0.05) is 25.9 Å². The molecule has 1 amide bonds. The van der Waals surface area contributed by atoms with E-state index < -0.39 is 9.84 Å². The van der Waals surface area contributed by atoms with E-state index in [0.29, 0.717) is 29.6 Å². The highest BCUT2D eigenvalue weighted by Crippen LogP contribution is 2.30. The molecule has 0 unspecified atom stereocenters. The highest BCUT2D eigenvalue weighted by atomic mass is 32.2. The highest BCUT2D eigenvalue weighted by molar-refractivity contribution is 7.90. The van der Waals surface area contributed by atoms with Gasteiger partial charge in [0.05, 0.1) is 16.3 Å². The van der Waals surface area contributed by atoms with Crippen molar-refractivity contribution in [2.75, 3.05) is 23.4 Å². The van der Waals surface area contributed by atoms with E-state index in [2.05, 4.69) is 31.0 Å². The Bertz CT molecular complexity index is 1560. The first-order valence-electron chi connectivity index (χ1n) is 10.4. The summed E-state index contributed by atoms with van der Waals surface area (Å²) in [4.78, 5) is 33.7. The van der Waals surface area contributed by atoms with E-state index in [4.69, 9.17) is 0 Å². The van der Waals surface area contributed by atoms with Crippen LogP contribution < -0.4 is 21.5 Å². The van der Waals surface area contributed by atoms with E-state index in [9.17, 15) is 18.0 Å². The molecule has 12 heteroatoms. The molecule has 0 aliphatic rings. The lowest BCUT2D eigenvalue weighted by atomic mass is 10.2. The van der Waals surface area contributed by atoms with E-state index in [1.54, 1.807) is 49.5 Å². The van der Waals surface area contributed by atoms with Crippen molar-refractivity contribution in [1.82, 2.24) is 25.1 Å². The second-order valence-corrected chi connectivity index (χ2v) is 9.52. The standard InChI is InChI=1S/C22H23N7O4S/c1-4-23-21(30)14-9-7-11-17(25-14)26-18-12-15(19-20(27-18)28-29(2)22(19)31)24-13-8-5-6-10-16(13)34(3,32)33/h5-12H,4H2,1-3H3,(H,23,30)(H3,24,25,26,27,28). The lowest BCUT2D eigenvalue weighted by Crippen LogP contribution is -2.23. The maximum Gasteiger partial charge on any atom is 0.277 e. The minimum atomic E-state index is -3.52. The molecule has 34 heavy (non-hydrogen) atoms. The van der Waals surface area contributed by atoms with Crippen LogP contribution in [-0.2, 0) is 16.9 Å². The largest absolute Gasteiger partial charge is 0.354 e. The van der Waals surface area contributed by atoms with Crippen LogP contribution in [0.4, 0.5) is 23.0 Å². The number of pyridine rings is 2. The van der Waals surface area contributed by atoms with Gasteiger partial charge >= 0.3 is 0 Å². The van der Waals surface area contributed by atoms with Gasteiger partial charge < -0.3 is 16.0 Å². The SMILES string of the molecule is CCNC(=O)c1cccc(Nc2cc(Nc3ccccc3S(C)(=O)=O)c3c(=O)n(C)[nH]c3n2)n1. The van der Waals surface area contributed by atoms with Gasteiger partial charge in [-0.2, -0.15) is 0 Å². The number of carbonyl (C=O) groups is 1. The number of fused-ring (bicyclic) bond motifs is 1. The van der Waals surface area contributed by atoms with E-state index in [0.717, 1.165) is 6.26 Å². The number of nitrogens with zero attached hydrogens (tertiary/aromatic N) is 3. The lowest BCUT2D eigenvalue weighted by Gasteiger charge is -2.13. The molecule has 3 heterocycles. The Morgan fingerprint density at radius 2 is 1.79 bits per heavy atom. The second-order valence-electron chi connectivity index (χ2n) is 7.54. The summed E-state index contributed by atoms with van der Waals surface area (Å²) >= 11 is 0. The number of aromatic nitrogens is 4. The summed E-state index contributed by atoms with van der Waals surface area (Å²) in [6, 6.07) is 13.0. The smallest absolute Gasteiger partial charge is 0.277 e. The third-order valence-corrected chi connectivity index (χ3v) is 6.10. The molecule has 1 aromatic carbocycles. The third kappa shape index (κ3) is 4.62. The van der Waals surface area contributed by atoms with Crippen molar-refractivity contribution in [3.8, 4) is 0 Å². The van der Waals surface area contributed by atoms with Gasteiger partial charge in [0.25, 0.3) is 11.5 Å². The van der Waals surface area contributed by atoms with Gasteiger partial charge in [0.1, 0.15) is 22.7 Å². The zero-order chi connectivity index (χ0) is 24.5. The number of amides is 1. The van der Waals surface area contributed by atoms with Gasteiger partial charge in [-0.25, -0.2) is 18.4 Å². The van der Waals surface area contributed by atoms with Crippen LogP contribution in [0.5, 0.6) is 0 Å². The van der Waals surface area contributed by atoms with Crippen LogP contribution in [0.2, 0.25) is 0 Å². The Morgan fingerprint density at radius 1 is 1.03 bits per heavy atom. The predicted molar refractivity (Wildman–Crippen MR) is 130 cm³/mol. The Kier molecular flexibility index (Phi) is 6.07. The molecule has 0 radical (unpaired) electrons. The molecule has 0 aliphatic carbocycles. The number of sulfone groups is 1. The van der Waals surface area contributed by atoms with Crippen LogP contribution in [-0.4, -0.2) is 46.9 Å². The topological polar surface area (TPSA) is 151 Å². The van der Waals surface area contributed by atoms with Gasteiger partial charge in [-0.1, -0.05) is 18.2 Å². The van der Waals surface area contributed by atoms with Crippen molar-refractivity contribution in [1.29, 1.82) is 0 Å². The van der Waals surface area contributed by atoms with E-state index >= 15 is 0 Å². The Hall–Kier alpha value is -4.19. The fourth-order valence-corrected chi connectivity index (χ4v) is 4.28. The first kappa shape index (κ1) is 23.0.